The molecule has 2 aromatic rings. The summed E-state index contributed by atoms with van der Waals surface area (Å²) in [4.78, 5) is 25.9. The number of fused-ring (bicyclic) bond motifs is 1. The SMILES string of the molecule is O=C1c2ccccc2C(=O)N1c1ccc(S(=O)(=O)N(CCO)CCO)cc1. The average molecular weight is 390 g/mol. The van der Waals surface area contributed by atoms with Crippen LogP contribution in [0, 0.1) is 0 Å². The fourth-order valence-corrected chi connectivity index (χ4v) is 4.34. The van der Waals surface area contributed by atoms with E-state index >= 15 is 0 Å². The first-order valence-electron chi connectivity index (χ1n) is 8.21. The van der Waals surface area contributed by atoms with E-state index in [4.69, 9.17) is 10.2 Å². The Morgan fingerprint density at radius 2 is 1.30 bits per heavy atom. The molecule has 0 unspecified atom stereocenters. The summed E-state index contributed by atoms with van der Waals surface area (Å²) in [6, 6.07) is 11.8. The molecule has 142 valence electrons. The van der Waals surface area contributed by atoms with Crippen molar-refractivity contribution in [1.29, 1.82) is 0 Å². The minimum absolute atomic E-state index is 0.0650. The maximum Gasteiger partial charge on any atom is 0.266 e. The van der Waals surface area contributed by atoms with Gasteiger partial charge in [0.1, 0.15) is 0 Å². The van der Waals surface area contributed by atoms with Crippen molar-refractivity contribution in [2.75, 3.05) is 31.2 Å². The highest BCUT2D eigenvalue weighted by atomic mass is 32.2. The van der Waals surface area contributed by atoms with Crippen molar-refractivity contribution < 1.29 is 28.2 Å². The van der Waals surface area contributed by atoms with Crippen LogP contribution >= 0.6 is 0 Å². The second kappa shape index (κ2) is 7.57. The fraction of sp³-hybridized carbons (Fsp3) is 0.222. The monoisotopic (exact) mass is 390 g/mol. The molecule has 1 aliphatic rings. The van der Waals surface area contributed by atoms with Crippen molar-refractivity contribution in [1.82, 2.24) is 4.31 Å². The molecule has 0 radical (unpaired) electrons. The maximum absolute atomic E-state index is 12.6. The Hall–Kier alpha value is -2.59. The number of benzene rings is 2. The van der Waals surface area contributed by atoms with Gasteiger partial charge in [0.05, 0.1) is 34.9 Å². The van der Waals surface area contributed by atoms with E-state index in [-0.39, 0.29) is 36.9 Å². The molecule has 1 heterocycles. The number of anilines is 1. The largest absolute Gasteiger partial charge is 0.395 e. The predicted octanol–water partition coefficient (Wildman–Crippen LogP) is 0.463. The van der Waals surface area contributed by atoms with Crippen LogP contribution in [0.5, 0.6) is 0 Å². The average Bonchev–Trinajstić information content (AvgIpc) is 2.93. The summed E-state index contributed by atoms with van der Waals surface area (Å²) >= 11 is 0. The number of carbonyl (C=O) groups is 2. The van der Waals surface area contributed by atoms with E-state index < -0.39 is 21.8 Å². The van der Waals surface area contributed by atoms with E-state index in [1.54, 1.807) is 24.3 Å². The quantitative estimate of drug-likeness (QED) is 0.664. The van der Waals surface area contributed by atoms with Crippen molar-refractivity contribution in [3.8, 4) is 0 Å². The highest BCUT2D eigenvalue weighted by molar-refractivity contribution is 7.89. The molecule has 0 atom stereocenters. The van der Waals surface area contributed by atoms with E-state index in [1.807, 2.05) is 0 Å². The highest BCUT2D eigenvalue weighted by Gasteiger charge is 2.36. The third-order valence-corrected chi connectivity index (χ3v) is 6.14. The number of imide groups is 1. The number of aliphatic hydroxyl groups is 2. The first kappa shape index (κ1) is 19.2. The van der Waals surface area contributed by atoms with Crippen LogP contribution in [0.4, 0.5) is 5.69 Å². The van der Waals surface area contributed by atoms with E-state index in [0.717, 1.165) is 9.21 Å². The van der Waals surface area contributed by atoms with E-state index in [2.05, 4.69) is 0 Å². The Morgan fingerprint density at radius 1 is 0.815 bits per heavy atom. The molecule has 2 amide bonds. The first-order chi connectivity index (χ1) is 12.9. The van der Waals surface area contributed by atoms with Crippen LogP contribution < -0.4 is 4.90 Å². The molecule has 0 saturated carbocycles. The molecule has 0 spiro atoms. The van der Waals surface area contributed by atoms with Crippen LogP contribution in [0.2, 0.25) is 0 Å². The Morgan fingerprint density at radius 3 is 1.74 bits per heavy atom. The second-order valence-electron chi connectivity index (χ2n) is 5.84. The minimum Gasteiger partial charge on any atom is -0.395 e. The standard InChI is InChI=1S/C18H18N2O6S/c21-11-9-19(10-12-22)27(25,26)14-7-5-13(6-8-14)20-17(23)15-3-1-2-4-16(15)18(20)24/h1-8,21-22H,9-12H2. The molecule has 2 N–H and O–H groups in total. The third kappa shape index (κ3) is 3.37. The predicted molar refractivity (Wildman–Crippen MR) is 97.0 cm³/mol. The molecule has 1 aliphatic heterocycles. The van der Waals surface area contributed by atoms with Gasteiger partial charge in [-0.25, -0.2) is 13.3 Å². The number of carbonyl (C=O) groups excluding carboxylic acids is 2. The lowest BCUT2D eigenvalue weighted by Crippen LogP contribution is -2.36. The summed E-state index contributed by atoms with van der Waals surface area (Å²) in [5, 5.41) is 18.1. The lowest BCUT2D eigenvalue weighted by molar-refractivity contribution is 0.0926. The number of nitrogens with zero attached hydrogens (tertiary/aromatic N) is 2. The van der Waals surface area contributed by atoms with Crippen molar-refractivity contribution in [2.45, 2.75) is 4.90 Å². The van der Waals surface area contributed by atoms with Gasteiger partial charge < -0.3 is 10.2 Å². The Balaban J connectivity index is 1.90. The van der Waals surface area contributed by atoms with Crippen molar-refractivity contribution in [3.63, 3.8) is 0 Å². The number of rotatable bonds is 7. The van der Waals surface area contributed by atoms with Crippen LogP contribution in [0.1, 0.15) is 20.7 Å². The van der Waals surface area contributed by atoms with Crippen molar-refractivity contribution in [3.05, 3.63) is 59.7 Å². The van der Waals surface area contributed by atoms with Gasteiger partial charge >= 0.3 is 0 Å². The van der Waals surface area contributed by atoms with Gasteiger partial charge in [0.15, 0.2) is 0 Å². The summed E-state index contributed by atoms with van der Waals surface area (Å²) in [5.41, 5.74) is 0.864. The topological polar surface area (TPSA) is 115 Å². The molecule has 3 rings (SSSR count). The summed E-state index contributed by atoms with van der Waals surface area (Å²) in [7, 11) is -3.92. The molecular weight excluding hydrogens is 372 g/mol. The van der Waals surface area contributed by atoms with Crippen molar-refractivity contribution in [2.24, 2.45) is 0 Å². The van der Waals surface area contributed by atoms with E-state index in [0.29, 0.717) is 11.1 Å². The van der Waals surface area contributed by atoms with Gasteiger partial charge in [-0.2, -0.15) is 4.31 Å². The molecule has 0 fully saturated rings. The molecule has 2 aromatic carbocycles. The van der Waals surface area contributed by atoms with Gasteiger partial charge in [0.25, 0.3) is 11.8 Å². The summed E-state index contributed by atoms with van der Waals surface area (Å²) in [6.07, 6.45) is 0. The number of hydrogen-bond acceptors (Lipinski definition) is 6. The van der Waals surface area contributed by atoms with Gasteiger partial charge in [-0.1, -0.05) is 12.1 Å². The lowest BCUT2D eigenvalue weighted by Gasteiger charge is -2.21. The number of amides is 2. The van der Waals surface area contributed by atoms with Crippen LogP contribution in [0.25, 0.3) is 0 Å². The highest BCUT2D eigenvalue weighted by Crippen LogP contribution is 2.29. The molecule has 0 saturated heterocycles. The molecule has 0 bridgehead atoms. The molecule has 0 aliphatic carbocycles. The Kier molecular flexibility index (Phi) is 5.38. The fourth-order valence-electron chi connectivity index (χ4n) is 2.92. The molecule has 9 heteroatoms. The van der Waals surface area contributed by atoms with Gasteiger partial charge in [0, 0.05) is 13.1 Å². The number of sulfonamides is 1. The Labute approximate surface area is 156 Å². The van der Waals surface area contributed by atoms with Gasteiger partial charge in [-0.15, -0.1) is 0 Å². The number of hydrogen-bond donors (Lipinski definition) is 2. The molecule has 0 aromatic heterocycles. The van der Waals surface area contributed by atoms with Crippen LogP contribution in [-0.4, -0.2) is 61.1 Å². The zero-order valence-corrected chi connectivity index (χ0v) is 15.1. The first-order valence-corrected chi connectivity index (χ1v) is 9.65. The zero-order chi connectivity index (χ0) is 19.6. The maximum atomic E-state index is 12.6. The zero-order valence-electron chi connectivity index (χ0n) is 14.3. The van der Waals surface area contributed by atoms with Crippen molar-refractivity contribution >= 4 is 27.5 Å². The number of aliphatic hydroxyl groups excluding tert-OH is 2. The normalized spacial score (nSPS) is 14.1. The van der Waals surface area contributed by atoms with Crippen LogP contribution in [0.3, 0.4) is 0 Å². The van der Waals surface area contributed by atoms with Gasteiger partial charge in [-0.05, 0) is 36.4 Å². The van der Waals surface area contributed by atoms with E-state index in [1.165, 1.54) is 24.3 Å². The summed E-state index contributed by atoms with van der Waals surface area (Å²) < 4.78 is 26.2. The smallest absolute Gasteiger partial charge is 0.266 e. The lowest BCUT2D eigenvalue weighted by atomic mass is 10.1. The van der Waals surface area contributed by atoms with Crippen LogP contribution in [0.15, 0.2) is 53.4 Å². The summed E-state index contributed by atoms with van der Waals surface area (Å²) in [6.45, 7) is -1.06. The summed E-state index contributed by atoms with van der Waals surface area (Å²) in [5.74, 6) is -0.929. The Bertz CT molecular complexity index is 931. The second-order valence-corrected chi connectivity index (χ2v) is 7.77. The minimum atomic E-state index is -3.92. The van der Waals surface area contributed by atoms with Gasteiger partial charge in [0.2, 0.25) is 10.0 Å². The molecule has 27 heavy (non-hydrogen) atoms. The van der Waals surface area contributed by atoms with Crippen LogP contribution in [-0.2, 0) is 10.0 Å². The molecular formula is C18H18N2O6S. The molecule has 8 nitrogen and oxygen atoms in total. The third-order valence-electron chi connectivity index (χ3n) is 4.23. The van der Waals surface area contributed by atoms with E-state index in [9.17, 15) is 18.0 Å². The van der Waals surface area contributed by atoms with Gasteiger partial charge in [-0.3, -0.25) is 9.59 Å².